The number of aromatic nitrogens is 1. The summed E-state index contributed by atoms with van der Waals surface area (Å²) < 4.78 is 0. The molecular weight excluding hydrogens is 433 g/mol. The SMILES string of the molecule is CN1CCC(c2c[nH]c3cc4c(cc23)N(NC(=O)Nc2cccc(Cl)c2Cl)CC4)CC1. The van der Waals surface area contributed by atoms with Crippen molar-refractivity contribution in [1.29, 1.82) is 0 Å². The third kappa shape index (κ3) is 3.95. The predicted molar refractivity (Wildman–Crippen MR) is 127 cm³/mol. The van der Waals surface area contributed by atoms with E-state index >= 15 is 0 Å². The van der Waals surface area contributed by atoms with Gasteiger partial charge in [0.05, 0.1) is 21.4 Å². The number of H-pyrrole nitrogens is 1. The molecule has 3 aromatic rings. The summed E-state index contributed by atoms with van der Waals surface area (Å²) in [6.45, 7) is 2.98. The number of hydrogen-bond acceptors (Lipinski definition) is 3. The quantitative estimate of drug-likeness (QED) is 0.494. The van der Waals surface area contributed by atoms with Gasteiger partial charge < -0.3 is 15.2 Å². The minimum Gasteiger partial charge on any atom is -0.361 e. The smallest absolute Gasteiger partial charge is 0.338 e. The minimum atomic E-state index is -0.346. The van der Waals surface area contributed by atoms with Gasteiger partial charge in [0.15, 0.2) is 0 Å². The lowest BCUT2D eigenvalue weighted by Gasteiger charge is -2.29. The first-order valence-corrected chi connectivity index (χ1v) is 11.4. The van der Waals surface area contributed by atoms with Crippen LogP contribution < -0.4 is 15.8 Å². The Hall–Kier alpha value is -2.41. The Kier molecular flexibility index (Phi) is 5.46. The standard InChI is InChI=1S/C23H25Cl2N5O/c1-29-8-5-14(6-9-29)17-13-26-20-11-15-7-10-30(21(15)12-16(17)20)28-23(31)27-19-4-2-3-18(24)22(19)25/h2-4,11-14,26H,5-10H2,1H3,(H2,27,28,31). The van der Waals surface area contributed by atoms with Gasteiger partial charge in [-0.15, -0.1) is 0 Å². The first-order valence-electron chi connectivity index (χ1n) is 10.6. The summed E-state index contributed by atoms with van der Waals surface area (Å²) in [4.78, 5) is 18.5. The molecule has 3 N–H and O–H groups in total. The Morgan fingerprint density at radius 3 is 2.77 bits per heavy atom. The number of nitrogens with one attached hydrogen (secondary N) is 3. The molecule has 5 rings (SSSR count). The van der Waals surface area contributed by atoms with Gasteiger partial charge in [0.1, 0.15) is 0 Å². The number of anilines is 2. The Morgan fingerprint density at radius 1 is 1.16 bits per heavy atom. The number of rotatable bonds is 3. The predicted octanol–water partition coefficient (Wildman–Crippen LogP) is 5.38. The molecule has 8 heteroatoms. The van der Waals surface area contributed by atoms with Crippen molar-refractivity contribution in [3.63, 3.8) is 0 Å². The van der Waals surface area contributed by atoms with Crippen molar-refractivity contribution in [2.24, 2.45) is 0 Å². The van der Waals surface area contributed by atoms with E-state index in [1.807, 2.05) is 5.01 Å². The molecule has 2 amide bonds. The zero-order chi connectivity index (χ0) is 21.5. The van der Waals surface area contributed by atoms with Crippen molar-refractivity contribution in [3.8, 4) is 0 Å². The number of carbonyl (C=O) groups excluding carboxylic acids is 1. The molecular formula is C23H25Cl2N5O. The number of carbonyl (C=O) groups is 1. The van der Waals surface area contributed by atoms with E-state index < -0.39 is 0 Å². The molecule has 0 atom stereocenters. The first kappa shape index (κ1) is 20.5. The number of nitrogens with zero attached hydrogens (tertiary/aromatic N) is 2. The van der Waals surface area contributed by atoms with Gasteiger partial charge in [-0.05, 0) is 80.7 Å². The molecule has 31 heavy (non-hydrogen) atoms. The molecule has 3 heterocycles. The van der Waals surface area contributed by atoms with E-state index in [2.05, 4.69) is 46.0 Å². The van der Waals surface area contributed by atoms with Crippen molar-refractivity contribution >= 4 is 51.5 Å². The molecule has 162 valence electrons. The molecule has 1 aromatic heterocycles. The Balaban J connectivity index is 1.36. The minimum absolute atomic E-state index is 0.331. The maximum absolute atomic E-state index is 12.6. The molecule has 2 aliphatic heterocycles. The Morgan fingerprint density at radius 2 is 1.97 bits per heavy atom. The molecule has 1 fully saturated rings. The highest BCUT2D eigenvalue weighted by Gasteiger charge is 2.25. The number of aromatic amines is 1. The lowest BCUT2D eigenvalue weighted by molar-refractivity contribution is 0.251. The normalized spacial score (nSPS) is 17.2. The maximum atomic E-state index is 12.6. The molecule has 0 spiro atoms. The molecule has 0 bridgehead atoms. The van der Waals surface area contributed by atoms with Crippen LogP contribution in [-0.2, 0) is 6.42 Å². The highest BCUT2D eigenvalue weighted by atomic mass is 35.5. The lowest BCUT2D eigenvalue weighted by Crippen LogP contribution is -2.43. The number of urea groups is 1. The second-order valence-electron chi connectivity index (χ2n) is 8.42. The van der Waals surface area contributed by atoms with Crippen molar-refractivity contribution < 1.29 is 4.79 Å². The second-order valence-corrected chi connectivity index (χ2v) is 9.20. The fourth-order valence-electron chi connectivity index (χ4n) is 4.68. The molecule has 2 aliphatic rings. The highest BCUT2D eigenvalue weighted by Crippen LogP contribution is 2.38. The van der Waals surface area contributed by atoms with Gasteiger partial charge in [0.25, 0.3) is 0 Å². The van der Waals surface area contributed by atoms with Crippen molar-refractivity contribution in [2.45, 2.75) is 25.2 Å². The number of amides is 2. The van der Waals surface area contributed by atoms with E-state index in [4.69, 9.17) is 23.2 Å². The third-order valence-electron chi connectivity index (χ3n) is 6.40. The summed E-state index contributed by atoms with van der Waals surface area (Å²) >= 11 is 12.2. The number of halogens is 2. The molecule has 1 saturated heterocycles. The number of likely N-dealkylation sites (tertiary alicyclic amines) is 1. The Labute approximate surface area is 191 Å². The highest BCUT2D eigenvalue weighted by molar-refractivity contribution is 6.43. The summed E-state index contributed by atoms with van der Waals surface area (Å²) in [6, 6.07) is 9.26. The topological polar surface area (TPSA) is 63.4 Å². The molecule has 0 aliphatic carbocycles. The van der Waals surface area contributed by atoms with Crippen LogP contribution >= 0.6 is 23.2 Å². The zero-order valence-corrected chi connectivity index (χ0v) is 18.9. The van der Waals surface area contributed by atoms with Crippen LogP contribution in [0.2, 0.25) is 10.0 Å². The van der Waals surface area contributed by atoms with Gasteiger partial charge >= 0.3 is 6.03 Å². The summed E-state index contributed by atoms with van der Waals surface area (Å²) in [5, 5.41) is 6.69. The lowest BCUT2D eigenvalue weighted by atomic mass is 9.89. The van der Waals surface area contributed by atoms with Crippen LogP contribution in [0.3, 0.4) is 0 Å². The van der Waals surface area contributed by atoms with Crippen LogP contribution in [0.25, 0.3) is 10.9 Å². The van der Waals surface area contributed by atoms with E-state index in [1.165, 1.54) is 34.9 Å². The van der Waals surface area contributed by atoms with Crippen LogP contribution in [0.15, 0.2) is 36.5 Å². The van der Waals surface area contributed by atoms with E-state index in [0.717, 1.165) is 31.7 Å². The summed E-state index contributed by atoms with van der Waals surface area (Å²) in [7, 11) is 2.18. The monoisotopic (exact) mass is 457 g/mol. The molecule has 0 unspecified atom stereocenters. The number of piperidine rings is 1. The number of fused-ring (bicyclic) bond motifs is 2. The van der Waals surface area contributed by atoms with Crippen LogP contribution in [0.1, 0.15) is 29.9 Å². The van der Waals surface area contributed by atoms with Gasteiger partial charge in [0, 0.05) is 23.6 Å². The summed E-state index contributed by atoms with van der Waals surface area (Å²) in [5.41, 5.74) is 8.27. The molecule has 2 aromatic carbocycles. The van der Waals surface area contributed by atoms with Gasteiger partial charge in [-0.3, -0.25) is 5.01 Å². The number of hydrogen-bond donors (Lipinski definition) is 3. The maximum Gasteiger partial charge on any atom is 0.338 e. The van der Waals surface area contributed by atoms with E-state index in [-0.39, 0.29) is 6.03 Å². The van der Waals surface area contributed by atoms with Gasteiger partial charge in [-0.1, -0.05) is 29.3 Å². The van der Waals surface area contributed by atoms with Crippen LogP contribution in [0, 0.1) is 0 Å². The van der Waals surface area contributed by atoms with Crippen LogP contribution in [0.5, 0.6) is 0 Å². The van der Waals surface area contributed by atoms with E-state index in [1.54, 1.807) is 18.2 Å². The first-order chi connectivity index (χ1) is 15.0. The van der Waals surface area contributed by atoms with Crippen LogP contribution in [0.4, 0.5) is 16.2 Å². The van der Waals surface area contributed by atoms with E-state index in [9.17, 15) is 4.79 Å². The third-order valence-corrected chi connectivity index (χ3v) is 7.22. The Bertz CT molecular complexity index is 1140. The second kappa shape index (κ2) is 8.26. The average molecular weight is 458 g/mol. The zero-order valence-electron chi connectivity index (χ0n) is 17.3. The number of benzene rings is 2. The van der Waals surface area contributed by atoms with Crippen LogP contribution in [-0.4, -0.2) is 42.6 Å². The van der Waals surface area contributed by atoms with Gasteiger partial charge in [-0.25, -0.2) is 10.2 Å². The van der Waals surface area contributed by atoms with Crippen molar-refractivity contribution in [3.05, 3.63) is 57.7 Å². The fraction of sp³-hybridized carbons (Fsp3) is 0.348. The van der Waals surface area contributed by atoms with Crippen molar-refractivity contribution in [1.82, 2.24) is 15.3 Å². The average Bonchev–Trinajstić information content (AvgIpc) is 3.34. The molecule has 6 nitrogen and oxygen atoms in total. The molecule has 0 radical (unpaired) electrons. The van der Waals surface area contributed by atoms with E-state index in [0.29, 0.717) is 21.7 Å². The summed E-state index contributed by atoms with van der Waals surface area (Å²) in [5.74, 6) is 0.569. The fourth-order valence-corrected chi connectivity index (χ4v) is 5.02. The van der Waals surface area contributed by atoms with Crippen molar-refractivity contribution in [2.75, 3.05) is 37.0 Å². The largest absolute Gasteiger partial charge is 0.361 e. The van der Waals surface area contributed by atoms with Gasteiger partial charge in [0.2, 0.25) is 0 Å². The molecule has 0 saturated carbocycles. The number of hydrazine groups is 1. The van der Waals surface area contributed by atoms with Gasteiger partial charge in [-0.2, -0.15) is 0 Å². The summed E-state index contributed by atoms with van der Waals surface area (Å²) in [6.07, 6.45) is 5.39.